The van der Waals surface area contributed by atoms with Gasteiger partial charge in [-0.05, 0) is 36.1 Å². The molecule has 0 saturated carbocycles. The van der Waals surface area contributed by atoms with Crippen LogP contribution in [0, 0.1) is 0 Å². The molecule has 0 saturated heterocycles. The molecular formula is C15H15NO3S. The number of aromatic nitrogens is 1. The lowest BCUT2D eigenvalue weighted by Gasteiger charge is -2.12. The second kappa shape index (κ2) is 4.98. The number of carbonyl (C=O) groups excluding carboxylic acids is 1. The molecule has 1 aromatic heterocycles. The highest BCUT2D eigenvalue weighted by molar-refractivity contribution is 8.14. The van der Waals surface area contributed by atoms with Crippen LogP contribution >= 0.6 is 11.8 Å². The van der Waals surface area contributed by atoms with Crippen molar-refractivity contribution in [3.63, 3.8) is 0 Å². The molecule has 5 heteroatoms. The first kappa shape index (κ1) is 13.2. The Morgan fingerprint density at radius 2 is 2.25 bits per heavy atom. The molecule has 2 heterocycles. The van der Waals surface area contributed by atoms with E-state index >= 15 is 0 Å². The third kappa shape index (κ3) is 2.02. The minimum absolute atomic E-state index is 0.0123. The van der Waals surface area contributed by atoms with Gasteiger partial charge in [-0.1, -0.05) is 24.8 Å². The lowest BCUT2D eigenvalue weighted by Crippen LogP contribution is -2.17. The third-order valence-corrected chi connectivity index (χ3v) is 4.58. The van der Waals surface area contributed by atoms with Crippen LogP contribution in [0.2, 0.25) is 0 Å². The van der Waals surface area contributed by atoms with Crippen molar-refractivity contribution in [2.24, 2.45) is 0 Å². The molecule has 4 nitrogen and oxygen atoms in total. The van der Waals surface area contributed by atoms with Gasteiger partial charge in [-0.15, -0.1) is 0 Å². The maximum Gasteiger partial charge on any atom is 0.323 e. The van der Waals surface area contributed by atoms with Crippen LogP contribution in [0.3, 0.4) is 0 Å². The van der Waals surface area contributed by atoms with Crippen molar-refractivity contribution in [2.75, 3.05) is 5.75 Å². The average molecular weight is 289 g/mol. The molecule has 1 aromatic carbocycles. The van der Waals surface area contributed by atoms with Gasteiger partial charge in [0.1, 0.15) is 12.2 Å². The Balaban J connectivity index is 2.32. The summed E-state index contributed by atoms with van der Waals surface area (Å²) < 4.78 is 1.65. The van der Waals surface area contributed by atoms with Crippen molar-refractivity contribution < 1.29 is 14.7 Å². The van der Waals surface area contributed by atoms with E-state index in [1.807, 2.05) is 12.1 Å². The van der Waals surface area contributed by atoms with Crippen LogP contribution in [0.15, 0.2) is 18.2 Å². The molecule has 1 aliphatic heterocycles. The number of thioether (sulfide) groups is 1. The fourth-order valence-electron chi connectivity index (χ4n) is 2.79. The maximum atomic E-state index is 12.2. The predicted molar refractivity (Wildman–Crippen MR) is 79.4 cm³/mol. The largest absolute Gasteiger partial charge is 0.480 e. The number of carbonyl (C=O) groups is 2. The molecule has 1 aliphatic rings. The Morgan fingerprint density at radius 1 is 1.45 bits per heavy atom. The van der Waals surface area contributed by atoms with E-state index in [-0.39, 0.29) is 11.7 Å². The van der Waals surface area contributed by atoms with Crippen molar-refractivity contribution >= 4 is 33.7 Å². The summed E-state index contributed by atoms with van der Waals surface area (Å²) in [5.41, 5.74) is 3.65. The first-order chi connectivity index (χ1) is 9.61. The van der Waals surface area contributed by atoms with Gasteiger partial charge in [0.05, 0.1) is 0 Å². The lowest BCUT2D eigenvalue weighted by atomic mass is 10.0. The molecule has 3 rings (SSSR count). The minimum Gasteiger partial charge on any atom is -0.480 e. The number of hydrogen-bond donors (Lipinski definition) is 1. The number of carboxylic acid groups (broad SMARTS) is 1. The molecule has 104 valence electrons. The second-order valence-electron chi connectivity index (χ2n) is 4.90. The predicted octanol–water partition coefficient (Wildman–Crippen LogP) is 2.72. The molecule has 0 spiro atoms. The van der Waals surface area contributed by atoms with Crippen LogP contribution in [0.25, 0.3) is 10.9 Å². The molecule has 0 bridgehead atoms. The quantitative estimate of drug-likeness (QED) is 0.944. The van der Waals surface area contributed by atoms with Gasteiger partial charge in [0.15, 0.2) is 0 Å². The molecule has 2 aromatic rings. The standard InChI is InChI=1S/C15H15NO3S/c1-2-9-3-4-12-11(7-9)10-5-6-20-15(19)14(10)16(12)8-13(17)18/h3-4,7H,2,5-6,8H2,1H3,(H,17,18). The highest BCUT2D eigenvalue weighted by Gasteiger charge is 2.27. The van der Waals surface area contributed by atoms with Gasteiger partial charge in [-0.25, -0.2) is 0 Å². The molecule has 0 aliphatic carbocycles. The van der Waals surface area contributed by atoms with E-state index in [0.29, 0.717) is 5.69 Å². The second-order valence-corrected chi connectivity index (χ2v) is 5.97. The summed E-state index contributed by atoms with van der Waals surface area (Å²) in [6.07, 6.45) is 1.75. The molecule has 0 amide bonds. The Bertz CT molecular complexity index is 717. The van der Waals surface area contributed by atoms with Crippen LogP contribution in [0.4, 0.5) is 0 Å². The topological polar surface area (TPSA) is 59.3 Å². The fraction of sp³-hybridized carbons (Fsp3) is 0.333. The van der Waals surface area contributed by atoms with Gasteiger partial charge in [-0.3, -0.25) is 9.59 Å². The zero-order valence-electron chi connectivity index (χ0n) is 11.2. The number of fused-ring (bicyclic) bond motifs is 3. The van der Waals surface area contributed by atoms with Crippen LogP contribution < -0.4 is 0 Å². The summed E-state index contributed by atoms with van der Waals surface area (Å²) in [5.74, 6) is -0.151. The maximum absolute atomic E-state index is 12.2. The highest BCUT2D eigenvalue weighted by atomic mass is 32.2. The number of hydrogen-bond acceptors (Lipinski definition) is 3. The molecule has 1 N–H and O–H groups in total. The van der Waals surface area contributed by atoms with Gasteiger partial charge in [0.2, 0.25) is 5.12 Å². The Hall–Kier alpha value is -1.75. The Kier molecular flexibility index (Phi) is 3.30. The van der Waals surface area contributed by atoms with Crippen molar-refractivity contribution in [1.29, 1.82) is 0 Å². The van der Waals surface area contributed by atoms with Crippen molar-refractivity contribution in [3.05, 3.63) is 35.0 Å². The third-order valence-electron chi connectivity index (χ3n) is 3.71. The van der Waals surface area contributed by atoms with Crippen LogP contribution in [0.1, 0.15) is 28.5 Å². The van der Waals surface area contributed by atoms with Crippen LogP contribution in [-0.4, -0.2) is 26.5 Å². The highest BCUT2D eigenvalue weighted by Crippen LogP contribution is 2.34. The summed E-state index contributed by atoms with van der Waals surface area (Å²) in [6.45, 7) is 1.92. The van der Waals surface area contributed by atoms with E-state index in [9.17, 15) is 9.59 Å². The number of aryl methyl sites for hydroxylation is 2. The lowest BCUT2D eigenvalue weighted by molar-refractivity contribution is -0.137. The van der Waals surface area contributed by atoms with E-state index in [1.165, 1.54) is 17.3 Å². The van der Waals surface area contributed by atoms with Crippen molar-refractivity contribution in [1.82, 2.24) is 4.57 Å². The van der Waals surface area contributed by atoms with E-state index < -0.39 is 5.97 Å². The molecule has 0 unspecified atom stereocenters. The fourth-order valence-corrected chi connectivity index (χ4v) is 3.65. The van der Waals surface area contributed by atoms with Gasteiger partial charge < -0.3 is 9.67 Å². The first-order valence-corrected chi connectivity index (χ1v) is 7.63. The van der Waals surface area contributed by atoms with Crippen LogP contribution in [0.5, 0.6) is 0 Å². The minimum atomic E-state index is -0.923. The number of nitrogens with zero attached hydrogens (tertiary/aromatic N) is 1. The summed E-state index contributed by atoms with van der Waals surface area (Å²) in [4.78, 5) is 23.2. The first-order valence-electron chi connectivity index (χ1n) is 6.64. The van der Waals surface area contributed by atoms with E-state index in [1.54, 1.807) is 4.57 Å². The summed E-state index contributed by atoms with van der Waals surface area (Å²) in [5, 5.41) is 10.1. The summed E-state index contributed by atoms with van der Waals surface area (Å²) >= 11 is 1.27. The molecule has 0 radical (unpaired) electrons. The smallest absolute Gasteiger partial charge is 0.323 e. The number of aliphatic carboxylic acids is 1. The van der Waals surface area contributed by atoms with Gasteiger partial charge in [0.25, 0.3) is 0 Å². The van der Waals surface area contributed by atoms with Gasteiger partial charge in [-0.2, -0.15) is 0 Å². The van der Waals surface area contributed by atoms with Crippen molar-refractivity contribution in [2.45, 2.75) is 26.3 Å². The molecular weight excluding hydrogens is 274 g/mol. The molecule has 0 fully saturated rings. The Morgan fingerprint density at radius 3 is 2.95 bits per heavy atom. The summed E-state index contributed by atoms with van der Waals surface area (Å²) in [6, 6.07) is 6.03. The Labute approximate surface area is 120 Å². The SMILES string of the molecule is CCc1ccc2c(c1)c1c(n2CC(=O)O)C(=O)SCC1. The molecule has 0 atom stereocenters. The van der Waals surface area contributed by atoms with Gasteiger partial charge in [0, 0.05) is 16.7 Å². The van der Waals surface area contributed by atoms with Crippen molar-refractivity contribution in [3.8, 4) is 0 Å². The van der Waals surface area contributed by atoms with Crippen LogP contribution in [-0.2, 0) is 24.2 Å². The monoisotopic (exact) mass is 289 g/mol. The van der Waals surface area contributed by atoms with E-state index in [4.69, 9.17) is 5.11 Å². The number of carboxylic acids is 1. The normalized spacial score (nSPS) is 14.6. The summed E-state index contributed by atoms with van der Waals surface area (Å²) in [7, 11) is 0. The number of benzene rings is 1. The molecule has 20 heavy (non-hydrogen) atoms. The zero-order chi connectivity index (χ0) is 14.3. The van der Waals surface area contributed by atoms with E-state index in [0.717, 1.165) is 35.1 Å². The van der Waals surface area contributed by atoms with E-state index in [2.05, 4.69) is 13.0 Å². The number of rotatable bonds is 3. The zero-order valence-corrected chi connectivity index (χ0v) is 12.0. The average Bonchev–Trinajstić information content (AvgIpc) is 2.73. The van der Waals surface area contributed by atoms with Gasteiger partial charge >= 0.3 is 5.97 Å².